The van der Waals surface area contributed by atoms with Crippen LogP contribution in [0.3, 0.4) is 0 Å². The maximum atomic E-state index is 13.0. The topological polar surface area (TPSA) is 40.6 Å². The molecule has 0 aliphatic heterocycles. The van der Waals surface area contributed by atoms with Gasteiger partial charge in [0.05, 0.1) is 11.4 Å². The van der Waals surface area contributed by atoms with Crippen LogP contribution in [0.4, 0.5) is 10.1 Å². The first kappa shape index (κ1) is 17.1. The number of benzene rings is 1. The van der Waals surface area contributed by atoms with Gasteiger partial charge >= 0.3 is 0 Å². The summed E-state index contributed by atoms with van der Waals surface area (Å²) in [5, 5.41) is 0. The number of alkyl halides is 2. The Balaban J connectivity index is 2.98. The Hall–Kier alpha value is -0.920. The van der Waals surface area contributed by atoms with E-state index in [1.165, 1.54) is 6.08 Å². The lowest BCUT2D eigenvalue weighted by atomic mass is 10.3. The molecule has 1 atom stereocenters. The fraction of sp³-hybridized carbons (Fsp3) is 0.333. The summed E-state index contributed by atoms with van der Waals surface area (Å²) < 4.78 is 38.4. The van der Waals surface area contributed by atoms with Gasteiger partial charge in [-0.2, -0.15) is 0 Å². The minimum Gasteiger partial charge on any atom is -0.384 e. The van der Waals surface area contributed by atoms with Gasteiger partial charge in [0.15, 0.2) is 0 Å². The largest absolute Gasteiger partial charge is 0.384 e. The summed E-state index contributed by atoms with van der Waals surface area (Å²) in [6.45, 7) is 0. The Labute approximate surface area is 128 Å². The number of hydrogen-bond donors (Lipinski definition) is 0. The molecule has 0 N–H and O–H groups in total. The van der Waals surface area contributed by atoms with E-state index in [2.05, 4.69) is 0 Å². The Morgan fingerprint density at radius 1 is 1.35 bits per heavy atom. The highest BCUT2D eigenvalue weighted by atomic mass is 35.5. The van der Waals surface area contributed by atoms with Crippen LogP contribution < -0.4 is 3.71 Å². The molecule has 1 aromatic carbocycles. The number of anilines is 1. The van der Waals surface area contributed by atoms with E-state index in [0.717, 1.165) is 3.71 Å². The second-order valence-electron chi connectivity index (χ2n) is 4.06. The van der Waals surface area contributed by atoms with Crippen LogP contribution >= 0.6 is 23.5 Å². The number of hydrogen-bond acceptors (Lipinski definition) is 4. The molecule has 0 radical (unpaired) electrons. The fourth-order valence-electron chi connectivity index (χ4n) is 1.35. The molecule has 8 heteroatoms. The predicted octanol–water partition coefficient (Wildman–Crippen LogP) is 3.04. The maximum Gasteiger partial charge on any atom is 0.248 e. The van der Waals surface area contributed by atoms with Gasteiger partial charge < -0.3 is 4.90 Å². The van der Waals surface area contributed by atoms with Gasteiger partial charge in [-0.1, -0.05) is 35.9 Å². The molecule has 1 aromatic rings. The Morgan fingerprint density at radius 3 is 2.45 bits per heavy atom. The molecule has 0 aliphatic carbocycles. The van der Waals surface area contributed by atoms with Crippen molar-refractivity contribution < 1.29 is 12.8 Å². The Morgan fingerprint density at radius 2 is 1.95 bits per heavy atom. The van der Waals surface area contributed by atoms with Crippen molar-refractivity contribution in [2.75, 3.05) is 23.6 Å². The molecule has 4 nitrogen and oxygen atoms in total. The number of halogens is 2. The second-order valence-corrected chi connectivity index (χ2v) is 7.78. The lowest BCUT2D eigenvalue weighted by molar-refractivity contribution is 0.559. The monoisotopic (exact) mass is 338 g/mol. The fourth-order valence-corrected chi connectivity index (χ4v) is 3.96. The number of nitrogens with zero attached hydrogens (tertiary/aromatic N) is 2. The van der Waals surface area contributed by atoms with Crippen LogP contribution in [0, 0.1) is 0 Å². The van der Waals surface area contributed by atoms with Gasteiger partial charge in [-0.15, -0.1) is 0 Å². The van der Waals surface area contributed by atoms with Gasteiger partial charge in [-0.05, 0) is 18.3 Å². The molecule has 0 fully saturated rings. The predicted molar refractivity (Wildman–Crippen MR) is 83.9 cm³/mol. The summed E-state index contributed by atoms with van der Waals surface area (Å²) in [5.74, 6) is -0.239. The molecule has 0 aliphatic rings. The van der Waals surface area contributed by atoms with Gasteiger partial charge in [0.1, 0.15) is 0 Å². The van der Waals surface area contributed by atoms with E-state index in [9.17, 15) is 12.8 Å². The van der Waals surface area contributed by atoms with Crippen molar-refractivity contribution in [2.45, 2.75) is 4.96 Å². The first-order chi connectivity index (χ1) is 9.33. The normalized spacial score (nSPS) is 13.4. The van der Waals surface area contributed by atoms with Crippen LogP contribution in [-0.4, -0.2) is 38.1 Å². The average Bonchev–Trinajstić information content (AvgIpc) is 2.36. The van der Waals surface area contributed by atoms with E-state index in [0.29, 0.717) is 17.6 Å². The molecule has 0 bridgehead atoms. The summed E-state index contributed by atoms with van der Waals surface area (Å²) in [5.41, 5.74) is 0.360. The summed E-state index contributed by atoms with van der Waals surface area (Å²) in [7, 11) is -0.146. The van der Waals surface area contributed by atoms with E-state index >= 15 is 0 Å². The summed E-state index contributed by atoms with van der Waals surface area (Å²) in [6, 6.07) is 8.27. The van der Waals surface area contributed by atoms with Crippen LogP contribution in [0.2, 0.25) is 0 Å². The number of sulfonamides is 1. The van der Waals surface area contributed by atoms with E-state index < -0.39 is 15.0 Å². The highest BCUT2D eigenvalue weighted by Gasteiger charge is 2.25. The van der Waals surface area contributed by atoms with Crippen molar-refractivity contribution in [3.8, 4) is 0 Å². The molecule has 0 aromatic heterocycles. The lowest BCUT2D eigenvalue weighted by Crippen LogP contribution is -2.27. The first-order valence-corrected chi connectivity index (χ1v) is 8.57. The first-order valence-electron chi connectivity index (χ1n) is 5.69. The zero-order chi connectivity index (χ0) is 15.2. The molecule has 0 saturated carbocycles. The maximum absolute atomic E-state index is 13.0. The SMILES string of the molecule is CN(C)C=CCS(=O)(=O)N(SC(F)Cl)c1ccccc1. The molecule has 0 spiro atoms. The molecule has 0 amide bonds. The quantitative estimate of drug-likeness (QED) is 0.566. The minimum absolute atomic E-state index is 0.239. The lowest BCUT2D eigenvalue weighted by Gasteiger charge is -2.22. The average molecular weight is 339 g/mol. The van der Waals surface area contributed by atoms with E-state index in [-0.39, 0.29) is 5.75 Å². The third-order valence-corrected chi connectivity index (χ3v) is 5.18. The number of para-hydroxylation sites is 1. The van der Waals surface area contributed by atoms with Gasteiger partial charge in [0.25, 0.3) is 0 Å². The van der Waals surface area contributed by atoms with Crippen molar-refractivity contribution >= 4 is 39.3 Å². The van der Waals surface area contributed by atoms with Crippen LogP contribution in [0.5, 0.6) is 0 Å². The highest BCUT2D eigenvalue weighted by Crippen LogP contribution is 2.31. The van der Waals surface area contributed by atoms with E-state index in [4.69, 9.17) is 11.6 Å². The third kappa shape index (κ3) is 5.60. The smallest absolute Gasteiger partial charge is 0.248 e. The summed E-state index contributed by atoms with van der Waals surface area (Å²) in [4.78, 5) is -0.127. The van der Waals surface area contributed by atoms with Crippen molar-refractivity contribution in [1.29, 1.82) is 0 Å². The zero-order valence-corrected chi connectivity index (χ0v) is 13.5. The minimum atomic E-state index is -3.71. The Bertz CT molecular complexity index is 536. The van der Waals surface area contributed by atoms with Gasteiger partial charge in [0.2, 0.25) is 15.0 Å². The third-order valence-electron chi connectivity index (χ3n) is 2.11. The van der Waals surface area contributed by atoms with E-state index in [1.807, 2.05) is 0 Å². The molecular weight excluding hydrogens is 323 g/mol. The molecule has 112 valence electrons. The Kier molecular flexibility index (Phi) is 6.64. The van der Waals surface area contributed by atoms with E-state index in [1.54, 1.807) is 55.5 Å². The highest BCUT2D eigenvalue weighted by molar-refractivity contribution is 8.15. The zero-order valence-electron chi connectivity index (χ0n) is 11.1. The molecule has 0 heterocycles. The van der Waals surface area contributed by atoms with Gasteiger partial charge in [-0.25, -0.2) is 16.5 Å². The molecule has 0 saturated heterocycles. The van der Waals surface area contributed by atoms with Gasteiger partial charge in [-0.3, -0.25) is 0 Å². The van der Waals surface area contributed by atoms with Crippen LogP contribution in [0.15, 0.2) is 42.6 Å². The van der Waals surface area contributed by atoms with Crippen molar-refractivity contribution in [3.63, 3.8) is 0 Å². The van der Waals surface area contributed by atoms with Crippen LogP contribution in [0.1, 0.15) is 0 Å². The standard InChI is InChI=1S/C12H16ClFN2O2S2/c1-15(2)9-6-10-20(17,18)16(19-12(13)14)11-7-4-3-5-8-11/h3-9,12H,10H2,1-2H3. The molecule has 1 rings (SSSR count). The van der Waals surface area contributed by atoms with Gasteiger partial charge in [0, 0.05) is 26.0 Å². The summed E-state index contributed by atoms with van der Waals surface area (Å²) >= 11 is 5.69. The van der Waals surface area contributed by atoms with Crippen LogP contribution in [-0.2, 0) is 10.0 Å². The second kappa shape index (κ2) is 7.75. The number of rotatable bonds is 7. The van der Waals surface area contributed by atoms with Crippen molar-refractivity contribution in [1.82, 2.24) is 4.90 Å². The summed E-state index contributed by atoms with van der Waals surface area (Å²) in [6.07, 6.45) is 3.12. The molecule has 20 heavy (non-hydrogen) atoms. The van der Waals surface area contributed by atoms with Crippen LogP contribution in [0.25, 0.3) is 0 Å². The van der Waals surface area contributed by atoms with Crippen molar-refractivity contribution in [2.24, 2.45) is 0 Å². The van der Waals surface area contributed by atoms with Crippen molar-refractivity contribution in [3.05, 3.63) is 42.6 Å². The molecular formula is C12H16ClFN2O2S2. The molecule has 1 unspecified atom stereocenters.